The minimum atomic E-state index is -4.02. The summed E-state index contributed by atoms with van der Waals surface area (Å²) in [5, 5.41) is 17.8. The maximum absolute atomic E-state index is 12.4. The Labute approximate surface area is 172 Å². The fourth-order valence-corrected chi connectivity index (χ4v) is 3.52. The van der Waals surface area contributed by atoms with Gasteiger partial charge in [-0.25, -0.2) is 4.85 Å². The third-order valence-corrected chi connectivity index (χ3v) is 5.44. The lowest BCUT2D eigenvalue weighted by molar-refractivity contribution is 0.426. The summed E-state index contributed by atoms with van der Waals surface area (Å²) in [5.74, 6) is -0.430. The molecule has 0 fully saturated rings. The van der Waals surface area contributed by atoms with E-state index in [1.165, 1.54) is 44.3 Å². The van der Waals surface area contributed by atoms with Crippen LogP contribution in [0.25, 0.3) is 4.85 Å². The lowest BCUT2D eigenvalue weighted by Crippen LogP contribution is -2.16. The van der Waals surface area contributed by atoms with E-state index in [1.54, 1.807) is 24.3 Å². The standard InChI is InChI=1S/C20H16N4O5S/c1-13-17(21-2)19(25)24(3)20(26)18(13)23-22-14-8-7-9-15(12-14)29-30(27,28)16-10-5-4-6-11-16/h4-12,25H,1,3H3. The molecule has 3 aromatic rings. The Bertz CT molecular complexity index is 1340. The number of nitrogens with zero attached hydrogens (tertiary/aromatic N) is 4. The number of benzene rings is 2. The van der Waals surface area contributed by atoms with Crippen LogP contribution in [0, 0.1) is 13.5 Å². The number of hydrogen-bond acceptors (Lipinski definition) is 7. The Morgan fingerprint density at radius 1 is 1.10 bits per heavy atom. The van der Waals surface area contributed by atoms with Gasteiger partial charge in [0, 0.05) is 13.1 Å². The summed E-state index contributed by atoms with van der Waals surface area (Å²) in [5.41, 5.74) is -0.412. The van der Waals surface area contributed by atoms with Crippen molar-refractivity contribution in [2.75, 3.05) is 0 Å². The zero-order valence-electron chi connectivity index (χ0n) is 16.0. The van der Waals surface area contributed by atoms with Gasteiger partial charge in [0.15, 0.2) is 5.88 Å². The molecule has 1 aromatic heterocycles. The van der Waals surface area contributed by atoms with Gasteiger partial charge in [0.2, 0.25) is 5.69 Å². The second-order valence-corrected chi connectivity index (χ2v) is 7.72. The maximum Gasteiger partial charge on any atom is 0.339 e. The summed E-state index contributed by atoms with van der Waals surface area (Å²) in [6.07, 6.45) is 0. The Hall–Kier alpha value is -3.97. The van der Waals surface area contributed by atoms with Crippen molar-refractivity contribution in [1.29, 1.82) is 0 Å². The summed E-state index contributed by atoms with van der Waals surface area (Å²) in [6.45, 7) is 8.65. The van der Waals surface area contributed by atoms with E-state index in [9.17, 15) is 18.3 Å². The first-order valence-electron chi connectivity index (χ1n) is 8.56. The maximum atomic E-state index is 12.4. The van der Waals surface area contributed by atoms with Gasteiger partial charge in [-0.1, -0.05) is 24.3 Å². The third kappa shape index (κ3) is 4.06. The van der Waals surface area contributed by atoms with Gasteiger partial charge in [-0.05, 0) is 36.8 Å². The van der Waals surface area contributed by atoms with Crippen molar-refractivity contribution in [3.63, 3.8) is 0 Å². The molecule has 10 heteroatoms. The third-order valence-electron chi connectivity index (χ3n) is 4.18. The summed E-state index contributed by atoms with van der Waals surface area (Å²) in [6, 6.07) is 13.5. The smallest absolute Gasteiger partial charge is 0.339 e. The fraction of sp³-hybridized carbons (Fsp3) is 0.100. The van der Waals surface area contributed by atoms with E-state index in [2.05, 4.69) is 15.1 Å². The van der Waals surface area contributed by atoms with Crippen LogP contribution < -0.4 is 9.74 Å². The average molecular weight is 424 g/mol. The van der Waals surface area contributed by atoms with E-state index in [0.717, 1.165) is 4.57 Å². The topological polar surface area (TPSA) is 115 Å². The summed E-state index contributed by atoms with van der Waals surface area (Å²) in [4.78, 5) is 15.6. The Kier molecular flexibility index (Phi) is 5.66. The normalized spacial score (nSPS) is 11.4. The van der Waals surface area contributed by atoms with Gasteiger partial charge in [0.05, 0.1) is 12.3 Å². The predicted molar refractivity (Wildman–Crippen MR) is 109 cm³/mol. The first-order chi connectivity index (χ1) is 14.2. The molecular formula is C20H16N4O5S. The van der Waals surface area contributed by atoms with E-state index in [-0.39, 0.29) is 33.3 Å². The van der Waals surface area contributed by atoms with Gasteiger partial charge in [-0.2, -0.15) is 13.5 Å². The van der Waals surface area contributed by atoms with Crippen LogP contribution in [-0.2, 0) is 17.2 Å². The SMILES string of the molecule is [C-]#[N+]c1c(C)c(N=Nc2cccc(OS(=O)(=O)c3ccccc3)c2)c(=O)n(C)c1O. The first-order valence-corrected chi connectivity index (χ1v) is 9.97. The second-order valence-electron chi connectivity index (χ2n) is 6.17. The summed E-state index contributed by atoms with van der Waals surface area (Å²) in [7, 11) is -2.70. The highest BCUT2D eigenvalue weighted by Gasteiger charge is 2.18. The van der Waals surface area contributed by atoms with E-state index in [0.29, 0.717) is 0 Å². The molecule has 0 saturated carbocycles. The quantitative estimate of drug-likeness (QED) is 0.376. The molecular weight excluding hydrogens is 408 g/mol. The molecule has 30 heavy (non-hydrogen) atoms. The van der Waals surface area contributed by atoms with Crippen LogP contribution in [0.1, 0.15) is 5.56 Å². The van der Waals surface area contributed by atoms with Crippen LogP contribution >= 0.6 is 0 Å². The summed E-state index contributed by atoms with van der Waals surface area (Å²) < 4.78 is 30.7. The monoisotopic (exact) mass is 424 g/mol. The van der Waals surface area contributed by atoms with E-state index >= 15 is 0 Å². The van der Waals surface area contributed by atoms with Crippen LogP contribution in [0.2, 0.25) is 0 Å². The summed E-state index contributed by atoms with van der Waals surface area (Å²) >= 11 is 0. The Balaban J connectivity index is 1.94. The largest absolute Gasteiger partial charge is 0.503 e. The highest BCUT2D eigenvalue weighted by Crippen LogP contribution is 2.34. The zero-order valence-corrected chi connectivity index (χ0v) is 16.8. The van der Waals surface area contributed by atoms with Crippen molar-refractivity contribution in [2.45, 2.75) is 11.8 Å². The first kappa shape index (κ1) is 20.8. The van der Waals surface area contributed by atoms with Gasteiger partial charge in [0.25, 0.3) is 5.56 Å². The van der Waals surface area contributed by atoms with Crippen LogP contribution in [0.4, 0.5) is 17.1 Å². The second kappa shape index (κ2) is 8.18. The van der Waals surface area contributed by atoms with Gasteiger partial charge in [-0.15, -0.1) is 5.11 Å². The minimum Gasteiger partial charge on any atom is -0.503 e. The molecule has 1 N–H and O–H groups in total. The molecule has 0 atom stereocenters. The lowest BCUT2D eigenvalue weighted by Gasteiger charge is -2.09. The van der Waals surface area contributed by atoms with E-state index in [4.69, 9.17) is 10.8 Å². The van der Waals surface area contributed by atoms with Crippen molar-refractivity contribution in [1.82, 2.24) is 4.57 Å². The molecule has 3 rings (SSSR count). The molecule has 0 aliphatic heterocycles. The Morgan fingerprint density at radius 2 is 1.80 bits per heavy atom. The van der Waals surface area contributed by atoms with Gasteiger partial charge < -0.3 is 9.29 Å². The van der Waals surface area contributed by atoms with E-state index < -0.39 is 21.6 Å². The number of azo groups is 1. The van der Waals surface area contributed by atoms with Crippen molar-refractivity contribution >= 4 is 27.2 Å². The number of aromatic hydroxyl groups is 1. The Morgan fingerprint density at radius 3 is 2.47 bits per heavy atom. The molecule has 0 aliphatic rings. The molecule has 0 saturated heterocycles. The van der Waals surface area contributed by atoms with Crippen LogP contribution in [-0.4, -0.2) is 18.1 Å². The fourth-order valence-electron chi connectivity index (χ4n) is 2.57. The van der Waals surface area contributed by atoms with Crippen molar-refractivity contribution in [3.05, 3.63) is 81.9 Å². The van der Waals surface area contributed by atoms with Crippen LogP contribution in [0.15, 0.2) is 74.5 Å². The molecule has 0 radical (unpaired) electrons. The number of hydrogen-bond donors (Lipinski definition) is 1. The van der Waals surface area contributed by atoms with Crippen molar-refractivity contribution in [3.8, 4) is 11.6 Å². The van der Waals surface area contributed by atoms with Gasteiger partial charge in [0.1, 0.15) is 16.3 Å². The van der Waals surface area contributed by atoms with Gasteiger partial charge >= 0.3 is 10.1 Å². The number of rotatable bonds is 5. The molecule has 152 valence electrons. The van der Waals surface area contributed by atoms with Crippen molar-refractivity contribution < 1.29 is 17.7 Å². The lowest BCUT2D eigenvalue weighted by atomic mass is 10.2. The molecule has 1 heterocycles. The molecule has 9 nitrogen and oxygen atoms in total. The van der Waals surface area contributed by atoms with Gasteiger partial charge in [-0.3, -0.25) is 9.36 Å². The predicted octanol–water partition coefficient (Wildman–Crippen LogP) is 4.13. The molecule has 0 bridgehead atoms. The van der Waals surface area contributed by atoms with Crippen LogP contribution in [0.5, 0.6) is 11.6 Å². The molecule has 0 spiro atoms. The molecule has 0 amide bonds. The molecule has 0 unspecified atom stereocenters. The number of aromatic nitrogens is 1. The van der Waals surface area contributed by atoms with E-state index in [1.807, 2.05) is 0 Å². The highest BCUT2D eigenvalue weighted by molar-refractivity contribution is 7.87. The molecule has 0 aliphatic carbocycles. The van der Waals surface area contributed by atoms with Crippen LogP contribution in [0.3, 0.4) is 0 Å². The minimum absolute atomic E-state index is 0.00641. The number of pyridine rings is 1. The molecule has 2 aromatic carbocycles. The zero-order chi connectivity index (χ0) is 21.9. The van der Waals surface area contributed by atoms with Crippen molar-refractivity contribution in [2.24, 2.45) is 17.3 Å². The highest BCUT2D eigenvalue weighted by atomic mass is 32.2. The average Bonchev–Trinajstić information content (AvgIpc) is 2.73.